The van der Waals surface area contributed by atoms with Gasteiger partial charge in [-0.05, 0) is 69.4 Å². The van der Waals surface area contributed by atoms with Crippen LogP contribution in [0.5, 0.6) is 0 Å². The standard InChI is InChI=1S/C19H36N2O/c1-5-19(22)20(4)18-8-6-16(7-9-18)17-10-12-21(13-11-17)14-15(2)3/h15-18H,5-14H2,1-4H3. The Hall–Kier alpha value is -0.570. The number of carbonyl (C=O) groups excluding carboxylic acids is 1. The summed E-state index contributed by atoms with van der Waals surface area (Å²) in [5.74, 6) is 2.96. The summed E-state index contributed by atoms with van der Waals surface area (Å²) in [5.41, 5.74) is 0. The third-order valence-corrected chi connectivity index (χ3v) is 5.91. The van der Waals surface area contributed by atoms with E-state index in [0.717, 1.165) is 17.8 Å². The van der Waals surface area contributed by atoms with Gasteiger partial charge < -0.3 is 9.80 Å². The Morgan fingerprint density at radius 1 is 1.05 bits per heavy atom. The molecule has 128 valence electrons. The SMILES string of the molecule is CCC(=O)N(C)C1CCC(C2CCN(CC(C)C)CC2)CC1. The number of piperidine rings is 1. The van der Waals surface area contributed by atoms with Gasteiger partial charge in [0.15, 0.2) is 0 Å². The highest BCUT2D eigenvalue weighted by molar-refractivity contribution is 5.75. The van der Waals surface area contributed by atoms with Crippen LogP contribution in [-0.2, 0) is 4.79 Å². The van der Waals surface area contributed by atoms with Crippen molar-refractivity contribution in [2.24, 2.45) is 17.8 Å². The van der Waals surface area contributed by atoms with Crippen LogP contribution in [0.1, 0.15) is 65.7 Å². The van der Waals surface area contributed by atoms with Crippen molar-refractivity contribution in [3.63, 3.8) is 0 Å². The number of nitrogens with zero attached hydrogens (tertiary/aromatic N) is 2. The zero-order valence-electron chi connectivity index (χ0n) is 15.2. The Morgan fingerprint density at radius 2 is 1.59 bits per heavy atom. The molecule has 2 fully saturated rings. The molecule has 3 nitrogen and oxygen atoms in total. The molecule has 1 aliphatic heterocycles. The van der Waals surface area contributed by atoms with E-state index in [1.165, 1.54) is 58.2 Å². The molecule has 0 spiro atoms. The normalized spacial score (nSPS) is 28.0. The molecule has 22 heavy (non-hydrogen) atoms. The Morgan fingerprint density at radius 3 is 2.09 bits per heavy atom. The van der Waals surface area contributed by atoms with Crippen molar-refractivity contribution >= 4 is 5.91 Å². The smallest absolute Gasteiger partial charge is 0.222 e. The first-order valence-corrected chi connectivity index (χ1v) is 9.49. The molecule has 1 saturated carbocycles. The molecular weight excluding hydrogens is 272 g/mol. The van der Waals surface area contributed by atoms with Crippen LogP contribution in [0.4, 0.5) is 0 Å². The van der Waals surface area contributed by atoms with Gasteiger partial charge >= 0.3 is 0 Å². The molecule has 0 aromatic carbocycles. The second-order valence-electron chi connectivity index (χ2n) is 7.96. The van der Waals surface area contributed by atoms with Gasteiger partial charge in [-0.1, -0.05) is 20.8 Å². The first-order chi connectivity index (χ1) is 10.5. The summed E-state index contributed by atoms with van der Waals surface area (Å²) < 4.78 is 0. The van der Waals surface area contributed by atoms with Gasteiger partial charge in [0, 0.05) is 26.1 Å². The van der Waals surface area contributed by atoms with Crippen LogP contribution < -0.4 is 0 Å². The lowest BCUT2D eigenvalue weighted by molar-refractivity contribution is -0.132. The van der Waals surface area contributed by atoms with Gasteiger partial charge in [0.05, 0.1) is 0 Å². The molecule has 0 radical (unpaired) electrons. The van der Waals surface area contributed by atoms with Gasteiger partial charge in [-0.2, -0.15) is 0 Å². The minimum absolute atomic E-state index is 0.311. The summed E-state index contributed by atoms with van der Waals surface area (Å²) in [6.07, 6.45) is 8.54. The molecule has 1 saturated heterocycles. The molecule has 2 aliphatic rings. The molecule has 2 rings (SSSR count). The lowest BCUT2D eigenvalue weighted by atomic mass is 9.74. The third-order valence-electron chi connectivity index (χ3n) is 5.91. The van der Waals surface area contributed by atoms with Gasteiger partial charge in [-0.25, -0.2) is 0 Å². The fraction of sp³-hybridized carbons (Fsp3) is 0.947. The van der Waals surface area contributed by atoms with Gasteiger partial charge in [0.25, 0.3) is 0 Å². The largest absolute Gasteiger partial charge is 0.343 e. The minimum atomic E-state index is 0.311. The van der Waals surface area contributed by atoms with E-state index in [2.05, 4.69) is 18.7 Å². The van der Waals surface area contributed by atoms with Crippen molar-refractivity contribution in [2.45, 2.75) is 71.8 Å². The summed E-state index contributed by atoms with van der Waals surface area (Å²) in [6.45, 7) is 10.5. The summed E-state index contributed by atoms with van der Waals surface area (Å²) in [7, 11) is 2.00. The van der Waals surface area contributed by atoms with E-state index in [0.29, 0.717) is 18.4 Å². The van der Waals surface area contributed by atoms with Gasteiger partial charge in [-0.3, -0.25) is 4.79 Å². The lowest BCUT2D eigenvalue weighted by Crippen LogP contribution is -2.42. The van der Waals surface area contributed by atoms with Crippen molar-refractivity contribution in [3.05, 3.63) is 0 Å². The Labute approximate surface area is 137 Å². The number of likely N-dealkylation sites (tertiary alicyclic amines) is 1. The lowest BCUT2D eigenvalue weighted by Gasteiger charge is -2.41. The predicted octanol–water partition coefficient (Wildman–Crippen LogP) is 3.78. The number of amides is 1. The summed E-state index contributed by atoms with van der Waals surface area (Å²) in [5, 5.41) is 0. The fourth-order valence-corrected chi connectivity index (χ4v) is 4.54. The first-order valence-electron chi connectivity index (χ1n) is 9.49. The van der Waals surface area contributed by atoms with Crippen molar-refractivity contribution in [3.8, 4) is 0 Å². The summed E-state index contributed by atoms with van der Waals surface area (Å²) in [4.78, 5) is 16.5. The van der Waals surface area contributed by atoms with Crippen molar-refractivity contribution in [1.82, 2.24) is 9.80 Å². The van der Waals surface area contributed by atoms with Crippen LogP contribution in [0.15, 0.2) is 0 Å². The molecule has 1 amide bonds. The quantitative estimate of drug-likeness (QED) is 0.771. The molecule has 3 heteroatoms. The number of carbonyl (C=O) groups is 1. The molecule has 0 atom stereocenters. The number of hydrogen-bond donors (Lipinski definition) is 0. The fourth-order valence-electron chi connectivity index (χ4n) is 4.54. The Kier molecular flexibility index (Phi) is 6.73. The molecule has 0 N–H and O–H groups in total. The second-order valence-corrected chi connectivity index (χ2v) is 7.96. The maximum Gasteiger partial charge on any atom is 0.222 e. The monoisotopic (exact) mass is 308 g/mol. The molecule has 1 heterocycles. The average molecular weight is 309 g/mol. The van der Waals surface area contributed by atoms with Gasteiger partial charge in [-0.15, -0.1) is 0 Å². The highest BCUT2D eigenvalue weighted by Crippen LogP contribution is 2.37. The zero-order chi connectivity index (χ0) is 16.1. The van der Waals surface area contributed by atoms with E-state index < -0.39 is 0 Å². The van der Waals surface area contributed by atoms with Crippen molar-refractivity contribution in [1.29, 1.82) is 0 Å². The minimum Gasteiger partial charge on any atom is -0.343 e. The van der Waals surface area contributed by atoms with E-state index in [1.807, 2.05) is 18.9 Å². The van der Waals surface area contributed by atoms with E-state index >= 15 is 0 Å². The van der Waals surface area contributed by atoms with Crippen molar-refractivity contribution < 1.29 is 4.79 Å². The highest BCUT2D eigenvalue weighted by Gasteiger charge is 2.32. The van der Waals surface area contributed by atoms with Gasteiger partial charge in [0.1, 0.15) is 0 Å². The maximum absolute atomic E-state index is 11.8. The number of hydrogen-bond acceptors (Lipinski definition) is 2. The number of rotatable bonds is 5. The molecule has 1 aliphatic carbocycles. The summed E-state index contributed by atoms with van der Waals surface area (Å²) in [6, 6.07) is 0.504. The first kappa shape index (κ1) is 17.8. The van der Waals surface area contributed by atoms with E-state index in [1.54, 1.807) is 0 Å². The van der Waals surface area contributed by atoms with Crippen LogP contribution in [0.2, 0.25) is 0 Å². The molecular formula is C19H36N2O. The molecule has 0 bridgehead atoms. The van der Waals surface area contributed by atoms with E-state index in [9.17, 15) is 4.79 Å². The predicted molar refractivity (Wildman–Crippen MR) is 92.8 cm³/mol. The van der Waals surface area contributed by atoms with Crippen LogP contribution in [0.25, 0.3) is 0 Å². The second kappa shape index (κ2) is 8.33. The zero-order valence-corrected chi connectivity index (χ0v) is 15.2. The van der Waals surface area contributed by atoms with Gasteiger partial charge in [0.2, 0.25) is 5.91 Å². The molecule has 0 aromatic heterocycles. The molecule has 0 unspecified atom stereocenters. The Bertz CT molecular complexity index is 339. The van der Waals surface area contributed by atoms with E-state index in [-0.39, 0.29) is 0 Å². The van der Waals surface area contributed by atoms with Crippen LogP contribution in [0, 0.1) is 17.8 Å². The summed E-state index contributed by atoms with van der Waals surface area (Å²) >= 11 is 0. The average Bonchev–Trinajstić information content (AvgIpc) is 2.54. The maximum atomic E-state index is 11.8. The molecule has 0 aromatic rings. The van der Waals surface area contributed by atoms with Crippen molar-refractivity contribution in [2.75, 3.05) is 26.7 Å². The van der Waals surface area contributed by atoms with Crippen LogP contribution in [-0.4, -0.2) is 48.4 Å². The van der Waals surface area contributed by atoms with Crippen LogP contribution in [0.3, 0.4) is 0 Å². The van der Waals surface area contributed by atoms with E-state index in [4.69, 9.17) is 0 Å². The highest BCUT2D eigenvalue weighted by atomic mass is 16.2. The third kappa shape index (κ3) is 4.71. The Balaban J connectivity index is 1.73. The topological polar surface area (TPSA) is 23.6 Å². The van der Waals surface area contributed by atoms with Crippen LogP contribution >= 0.6 is 0 Å².